The number of nitrogens with zero attached hydrogens (tertiary/aromatic N) is 1. The Morgan fingerprint density at radius 3 is 3.00 bits per heavy atom. The summed E-state index contributed by atoms with van der Waals surface area (Å²) in [6, 6.07) is 6.01. The molecule has 0 saturated heterocycles. The number of thioether (sulfide) groups is 1. The Balaban J connectivity index is 1.81. The molecule has 96 valence electrons. The van der Waals surface area contributed by atoms with E-state index in [4.69, 9.17) is 4.42 Å². The van der Waals surface area contributed by atoms with Gasteiger partial charge in [-0.15, -0.1) is 0 Å². The predicted molar refractivity (Wildman–Crippen MR) is 72.9 cm³/mol. The summed E-state index contributed by atoms with van der Waals surface area (Å²) in [5, 5.41) is 10.9. The summed E-state index contributed by atoms with van der Waals surface area (Å²) >= 11 is 1.58. The molecule has 1 aliphatic rings. The molecule has 1 saturated carbocycles. The van der Waals surface area contributed by atoms with Crippen molar-refractivity contribution < 1.29 is 9.52 Å². The fraction of sp³-hybridized carbons (Fsp3) is 0.500. The van der Waals surface area contributed by atoms with Gasteiger partial charge >= 0.3 is 0 Å². The van der Waals surface area contributed by atoms with Crippen molar-refractivity contribution in [2.45, 2.75) is 49.2 Å². The molecule has 1 N–H and O–H groups in total. The molecule has 2 atom stereocenters. The first kappa shape index (κ1) is 12.1. The van der Waals surface area contributed by atoms with Crippen LogP contribution >= 0.6 is 11.8 Å². The number of aryl methyl sites for hydroxylation is 1. The van der Waals surface area contributed by atoms with E-state index in [0.29, 0.717) is 5.22 Å². The first-order chi connectivity index (χ1) is 8.72. The monoisotopic (exact) mass is 263 g/mol. The van der Waals surface area contributed by atoms with Gasteiger partial charge in [-0.2, -0.15) is 0 Å². The zero-order valence-electron chi connectivity index (χ0n) is 10.4. The Hall–Kier alpha value is -1.00. The van der Waals surface area contributed by atoms with Gasteiger partial charge in [0.2, 0.25) is 0 Å². The van der Waals surface area contributed by atoms with Crippen molar-refractivity contribution in [3.05, 3.63) is 23.8 Å². The molecular formula is C14H17NO2S. The molecule has 1 aromatic heterocycles. The standard InChI is InChI=1S/C14H17NO2S/c1-9-6-7-12-10(8-9)15-14(17-12)18-13-5-3-2-4-11(13)16/h6-8,11,13,16H,2-5H2,1H3. The number of fused-ring (bicyclic) bond motifs is 1. The summed E-state index contributed by atoms with van der Waals surface area (Å²) in [7, 11) is 0. The second-order valence-electron chi connectivity index (χ2n) is 4.96. The molecule has 1 aliphatic carbocycles. The van der Waals surface area contributed by atoms with Crippen molar-refractivity contribution in [2.75, 3.05) is 0 Å². The average Bonchev–Trinajstić information content (AvgIpc) is 2.73. The van der Waals surface area contributed by atoms with Crippen molar-refractivity contribution in [1.29, 1.82) is 0 Å². The lowest BCUT2D eigenvalue weighted by atomic mass is 9.97. The molecule has 0 spiro atoms. The van der Waals surface area contributed by atoms with Gasteiger partial charge in [-0.3, -0.25) is 0 Å². The van der Waals surface area contributed by atoms with Gasteiger partial charge in [0.1, 0.15) is 5.52 Å². The van der Waals surface area contributed by atoms with Crippen LogP contribution in [-0.4, -0.2) is 21.4 Å². The van der Waals surface area contributed by atoms with Crippen molar-refractivity contribution in [1.82, 2.24) is 4.98 Å². The van der Waals surface area contributed by atoms with Gasteiger partial charge < -0.3 is 9.52 Å². The van der Waals surface area contributed by atoms with Crippen LogP contribution in [-0.2, 0) is 0 Å². The van der Waals surface area contributed by atoms with Gasteiger partial charge in [0, 0.05) is 5.25 Å². The Morgan fingerprint density at radius 1 is 1.33 bits per heavy atom. The van der Waals surface area contributed by atoms with Gasteiger partial charge in [-0.05, 0) is 37.5 Å². The average molecular weight is 263 g/mol. The largest absolute Gasteiger partial charge is 0.431 e. The second-order valence-corrected chi connectivity index (χ2v) is 6.15. The van der Waals surface area contributed by atoms with Crippen LogP contribution in [0.5, 0.6) is 0 Å². The maximum absolute atomic E-state index is 9.96. The van der Waals surface area contributed by atoms with Gasteiger partial charge in [0.25, 0.3) is 5.22 Å². The van der Waals surface area contributed by atoms with Gasteiger partial charge in [0.15, 0.2) is 5.58 Å². The number of aliphatic hydroxyl groups is 1. The molecule has 2 aromatic rings. The summed E-state index contributed by atoms with van der Waals surface area (Å²) in [6.07, 6.45) is 4.04. The van der Waals surface area contributed by atoms with Crippen molar-refractivity contribution in [2.24, 2.45) is 0 Å². The van der Waals surface area contributed by atoms with Crippen LogP contribution in [0.3, 0.4) is 0 Å². The minimum Gasteiger partial charge on any atom is -0.431 e. The smallest absolute Gasteiger partial charge is 0.257 e. The normalized spacial score (nSPS) is 24.6. The first-order valence-corrected chi connectivity index (χ1v) is 7.32. The summed E-state index contributed by atoms with van der Waals surface area (Å²) in [6.45, 7) is 2.05. The lowest BCUT2D eigenvalue weighted by Gasteiger charge is -2.25. The number of oxazole rings is 1. The number of hydrogen-bond acceptors (Lipinski definition) is 4. The van der Waals surface area contributed by atoms with Gasteiger partial charge in [-0.1, -0.05) is 30.7 Å². The highest BCUT2D eigenvalue weighted by atomic mass is 32.2. The van der Waals surface area contributed by atoms with E-state index in [1.807, 2.05) is 25.1 Å². The van der Waals surface area contributed by atoms with Crippen LogP contribution < -0.4 is 0 Å². The summed E-state index contributed by atoms with van der Waals surface area (Å²) in [5.41, 5.74) is 2.92. The van der Waals surface area contributed by atoms with Crippen LogP contribution in [0, 0.1) is 6.92 Å². The highest BCUT2D eigenvalue weighted by Gasteiger charge is 2.25. The summed E-state index contributed by atoms with van der Waals surface area (Å²) in [5.74, 6) is 0. The number of aliphatic hydroxyl groups excluding tert-OH is 1. The highest BCUT2D eigenvalue weighted by Crippen LogP contribution is 2.34. The molecule has 0 radical (unpaired) electrons. The summed E-state index contributed by atoms with van der Waals surface area (Å²) in [4.78, 5) is 4.49. The van der Waals surface area contributed by atoms with E-state index >= 15 is 0 Å². The lowest BCUT2D eigenvalue weighted by molar-refractivity contribution is 0.136. The van der Waals surface area contributed by atoms with E-state index in [-0.39, 0.29) is 11.4 Å². The Bertz CT molecular complexity index is 552. The fourth-order valence-electron chi connectivity index (χ4n) is 2.41. The topological polar surface area (TPSA) is 46.3 Å². The molecule has 2 unspecified atom stereocenters. The number of rotatable bonds is 2. The third-order valence-electron chi connectivity index (χ3n) is 3.44. The molecule has 1 fully saturated rings. The minimum absolute atomic E-state index is 0.222. The lowest BCUT2D eigenvalue weighted by Crippen LogP contribution is -2.26. The molecule has 1 aromatic carbocycles. The zero-order chi connectivity index (χ0) is 12.5. The molecule has 3 rings (SSSR count). The fourth-order valence-corrected chi connectivity index (χ4v) is 3.54. The van der Waals surface area contributed by atoms with E-state index in [9.17, 15) is 5.11 Å². The SMILES string of the molecule is Cc1ccc2oc(SC3CCCCC3O)nc2c1. The Labute approximate surface area is 111 Å². The molecule has 0 aliphatic heterocycles. The van der Waals surface area contributed by atoms with Crippen LogP contribution in [0.1, 0.15) is 31.2 Å². The van der Waals surface area contributed by atoms with E-state index in [1.165, 1.54) is 12.0 Å². The minimum atomic E-state index is -0.222. The highest BCUT2D eigenvalue weighted by molar-refractivity contribution is 7.99. The third kappa shape index (κ3) is 2.40. The third-order valence-corrected chi connectivity index (χ3v) is 4.67. The Morgan fingerprint density at radius 2 is 2.17 bits per heavy atom. The van der Waals surface area contributed by atoms with Crippen molar-refractivity contribution >= 4 is 22.9 Å². The van der Waals surface area contributed by atoms with Crippen LogP contribution in [0.4, 0.5) is 0 Å². The quantitative estimate of drug-likeness (QED) is 0.900. The molecule has 4 heteroatoms. The van der Waals surface area contributed by atoms with Crippen LogP contribution in [0.15, 0.2) is 27.8 Å². The molecule has 1 heterocycles. The number of benzene rings is 1. The summed E-state index contributed by atoms with van der Waals surface area (Å²) < 4.78 is 5.71. The number of aromatic nitrogens is 1. The zero-order valence-corrected chi connectivity index (χ0v) is 11.2. The van der Waals surface area contributed by atoms with Crippen LogP contribution in [0.2, 0.25) is 0 Å². The van der Waals surface area contributed by atoms with E-state index in [2.05, 4.69) is 4.98 Å². The van der Waals surface area contributed by atoms with Crippen molar-refractivity contribution in [3.63, 3.8) is 0 Å². The Kier molecular flexibility index (Phi) is 3.31. The van der Waals surface area contributed by atoms with Gasteiger partial charge in [-0.25, -0.2) is 4.98 Å². The first-order valence-electron chi connectivity index (χ1n) is 6.44. The molecule has 18 heavy (non-hydrogen) atoms. The molecule has 3 nitrogen and oxygen atoms in total. The number of hydrogen-bond donors (Lipinski definition) is 1. The maximum Gasteiger partial charge on any atom is 0.257 e. The molecule has 0 bridgehead atoms. The van der Waals surface area contributed by atoms with E-state index < -0.39 is 0 Å². The van der Waals surface area contributed by atoms with Crippen LogP contribution in [0.25, 0.3) is 11.1 Å². The maximum atomic E-state index is 9.96. The predicted octanol–water partition coefficient (Wildman–Crippen LogP) is 3.53. The second kappa shape index (κ2) is 4.94. The van der Waals surface area contributed by atoms with Crippen molar-refractivity contribution in [3.8, 4) is 0 Å². The molecule has 0 amide bonds. The van der Waals surface area contributed by atoms with E-state index in [1.54, 1.807) is 11.8 Å². The van der Waals surface area contributed by atoms with E-state index in [0.717, 1.165) is 30.4 Å². The van der Waals surface area contributed by atoms with Gasteiger partial charge in [0.05, 0.1) is 6.10 Å². The molecular weight excluding hydrogens is 246 g/mol.